The predicted octanol–water partition coefficient (Wildman–Crippen LogP) is 3.93. The molecule has 0 aliphatic rings. The molecular formula is C21H21F3N2O5S2. The zero-order chi connectivity index (χ0) is 25.1. The molecule has 7 nitrogen and oxygen atoms in total. The van der Waals surface area contributed by atoms with Gasteiger partial charge < -0.3 is 14.6 Å². The van der Waals surface area contributed by atoms with Crippen molar-refractivity contribution in [2.75, 3.05) is 6.26 Å². The van der Waals surface area contributed by atoms with Crippen LogP contribution in [-0.4, -0.2) is 39.8 Å². The Balaban J connectivity index is 2.33. The second-order valence-corrected chi connectivity index (χ2v) is 11.8. The molecule has 0 amide bonds. The van der Waals surface area contributed by atoms with Gasteiger partial charge in [-0.15, -0.1) is 0 Å². The molecule has 3 rings (SSSR count). The van der Waals surface area contributed by atoms with Gasteiger partial charge >= 0.3 is 5.51 Å². The summed E-state index contributed by atoms with van der Waals surface area (Å²) in [6.07, 6.45) is 1.47. The van der Waals surface area contributed by atoms with E-state index in [9.17, 15) is 36.0 Å². The lowest BCUT2D eigenvalue weighted by Gasteiger charge is -2.24. The first kappa shape index (κ1) is 25.1. The summed E-state index contributed by atoms with van der Waals surface area (Å²) in [6, 6.07) is 3.94. The van der Waals surface area contributed by atoms with Gasteiger partial charge in [0.15, 0.2) is 4.90 Å². The highest BCUT2D eigenvalue weighted by Crippen LogP contribution is 2.42. The molecule has 2 N–H and O–H groups in total. The van der Waals surface area contributed by atoms with E-state index >= 15 is 0 Å². The molecule has 0 aliphatic heterocycles. The van der Waals surface area contributed by atoms with Crippen LogP contribution in [0.3, 0.4) is 0 Å². The van der Waals surface area contributed by atoms with Gasteiger partial charge in [-0.25, -0.2) is 13.4 Å². The lowest BCUT2D eigenvalue weighted by molar-refractivity contribution is -0.0435. The number of rotatable bonds is 3. The Kier molecular flexibility index (Phi) is 6.10. The van der Waals surface area contributed by atoms with Crippen LogP contribution in [0.15, 0.2) is 38.9 Å². The van der Waals surface area contributed by atoms with E-state index in [1.165, 1.54) is 6.26 Å². The van der Waals surface area contributed by atoms with Gasteiger partial charge in [0.05, 0.1) is 21.4 Å². The molecule has 0 bridgehead atoms. The monoisotopic (exact) mass is 502 g/mol. The van der Waals surface area contributed by atoms with E-state index in [2.05, 4.69) is 9.97 Å². The number of halogens is 3. The standard InChI is InChI=1S/C21H21F3N2O5S2/c1-10-15(32(5)29)9-13(20(2,3)4)17(27)16(10)18-25-14-7-6-11(8-12(14)19(28)26-18)33(30,31)21(22,23)24/h6-9,27H,1-5H3,(H,25,26,28)/t32-/m0/s1. The first-order valence-electron chi connectivity index (χ1n) is 9.53. The smallest absolute Gasteiger partial charge is 0.501 e. The van der Waals surface area contributed by atoms with Crippen LogP contribution in [0.5, 0.6) is 5.75 Å². The van der Waals surface area contributed by atoms with Crippen LogP contribution in [-0.2, 0) is 26.4 Å². The van der Waals surface area contributed by atoms with Gasteiger partial charge in [-0.05, 0) is 41.7 Å². The summed E-state index contributed by atoms with van der Waals surface area (Å²) < 4.78 is 74.4. The zero-order valence-corrected chi connectivity index (χ0v) is 19.9. The third-order valence-electron chi connectivity index (χ3n) is 5.16. The molecule has 0 radical (unpaired) electrons. The van der Waals surface area contributed by atoms with Crippen LogP contribution in [0.2, 0.25) is 0 Å². The van der Waals surface area contributed by atoms with E-state index in [0.717, 1.165) is 6.07 Å². The van der Waals surface area contributed by atoms with E-state index in [0.29, 0.717) is 28.2 Å². The van der Waals surface area contributed by atoms with Gasteiger partial charge in [0.1, 0.15) is 17.8 Å². The minimum atomic E-state index is -5.65. The average Bonchev–Trinajstić information content (AvgIpc) is 2.65. The van der Waals surface area contributed by atoms with Crippen LogP contribution in [0.4, 0.5) is 13.2 Å². The number of H-pyrrole nitrogens is 1. The number of nitrogens with one attached hydrogen (secondary N) is 1. The van der Waals surface area contributed by atoms with Gasteiger partial charge in [0.2, 0.25) is 0 Å². The van der Waals surface area contributed by atoms with Gasteiger partial charge in [-0.1, -0.05) is 20.8 Å². The fourth-order valence-corrected chi connectivity index (χ4v) is 5.04. The molecule has 0 unspecified atom stereocenters. The average molecular weight is 503 g/mol. The molecular weight excluding hydrogens is 481 g/mol. The van der Waals surface area contributed by atoms with Crippen molar-refractivity contribution in [2.45, 2.75) is 48.4 Å². The Morgan fingerprint density at radius 2 is 1.76 bits per heavy atom. The topological polar surface area (TPSA) is 123 Å². The van der Waals surface area contributed by atoms with Crippen molar-refractivity contribution in [1.29, 1.82) is 0 Å². The van der Waals surface area contributed by atoms with Gasteiger partial charge in [0.25, 0.3) is 15.4 Å². The predicted molar refractivity (Wildman–Crippen MR) is 118 cm³/mol. The summed E-state index contributed by atoms with van der Waals surface area (Å²) in [6.45, 7) is 7.11. The summed E-state index contributed by atoms with van der Waals surface area (Å²) in [4.78, 5) is 18.7. The van der Waals surface area contributed by atoms with Gasteiger partial charge in [-0.3, -0.25) is 4.79 Å². The number of sulfone groups is 1. The van der Waals surface area contributed by atoms with E-state index in [4.69, 9.17) is 0 Å². The third-order valence-corrected chi connectivity index (χ3v) is 7.69. The summed E-state index contributed by atoms with van der Waals surface area (Å²) >= 11 is -1.44. The van der Waals surface area contributed by atoms with Crippen molar-refractivity contribution in [1.82, 2.24) is 9.97 Å². The molecule has 2 aromatic carbocycles. The first-order chi connectivity index (χ1) is 15.0. The van der Waals surface area contributed by atoms with Crippen molar-refractivity contribution < 1.29 is 31.2 Å². The molecule has 1 aromatic heterocycles. The highest BCUT2D eigenvalue weighted by molar-refractivity contribution is 7.92. The zero-order valence-electron chi connectivity index (χ0n) is 18.3. The normalized spacial score (nSPS) is 14.0. The molecule has 0 fully saturated rings. The lowest BCUT2D eigenvalue weighted by Crippen LogP contribution is -2.23. The maximum absolute atomic E-state index is 12.9. The van der Waals surface area contributed by atoms with Crippen LogP contribution in [0.25, 0.3) is 22.3 Å². The maximum atomic E-state index is 12.9. The number of fused-ring (bicyclic) bond motifs is 1. The molecule has 0 aliphatic carbocycles. The highest BCUT2D eigenvalue weighted by atomic mass is 32.2. The molecule has 33 heavy (non-hydrogen) atoms. The number of nitrogens with zero attached hydrogens (tertiary/aromatic N) is 1. The number of benzene rings is 2. The lowest BCUT2D eigenvalue weighted by atomic mass is 9.84. The van der Waals surface area contributed by atoms with Gasteiger partial charge in [0, 0.05) is 17.2 Å². The number of phenolic OH excluding ortho intramolecular Hbond substituents is 1. The molecule has 1 heterocycles. The van der Waals surface area contributed by atoms with E-state index in [1.54, 1.807) is 13.0 Å². The molecule has 12 heteroatoms. The Bertz CT molecular complexity index is 1420. The minimum Gasteiger partial charge on any atom is -0.612 e. The number of aromatic nitrogens is 2. The van der Waals surface area contributed by atoms with Crippen LogP contribution in [0, 0.1) is 6.92 Å². The molecule has 0 saturated carbocycles. The van der Waals surface area contributed by atoms with Crippen LogP contribution < -0.4 is 5.56 Å². The van der Waals surface area contributed by atoms with Crippen LogP contribution >= 0.6 is 0 Å². The van der Waals surface area contributed by atoms with Gasteiger partial charge in [-0.2, -0.15) is 13.2 Å². The van der Waals surface area contributed by atoms with Crippen molar-refractivity contribution in [3.8, 4) is 17.1 Å². The van der Waals surface area contributed by atoms with Crippen LogP contribution in [0.1, 0.15) is 31.9 Å². The quantitative estimate of drug-likeness (QED) is 0.523. The summed E-state index contributed by atoms with van der Waals surface area (Å²) in [5.41, 5.74) is -6.06. The molecule has 3 aromatic rings. The number of aromatic amines is 1. The minimum absolute atomic E-state index is 0.0750. The SMILES string of the molecule is Cc1c([S@+](C)[O-])cc(C(C)(C)C)c(O)c1-c1nc2ccc(S(=O)(=O)C(F)(F)F)cc2c(=O)[nH]1. The fourth-order valence-electron chi connectivity index (χ4n) is 3.44. The van der Waals surface area contributed by atoms with Crippen molar-refractivity contribution in [3.63, 3.8) is 0 Å². The maximum Gasteiger partial charge on any atom is 0.501 e. The summed E-state index contributed by atoms with van der Waals surface area (Å²) in [5, 5.41) is 10.6. The van der Waals surface area contributed by atoms with E-state index in [-0.39, 0.29) is 28.0 Å². The van der Waals surface area contributed by atoms with Crippen molar-refractivity contribution >= 4 is 31.9 Å². The second-order valence-electron chi connectivity index (χ2n) is 8.52. The van der Waals surface area contributed by atoms with E-state index in [1.807, 2.05) is 20.8 Å². The fraction of sp³-hybridized carbons (Fsp3) is 0.333. The molecule has 0 spiro atoms. The Morgan fingerprint density at radius 1 is 1.15 bits per heavy atom. The molecule has 0 saturated heterocycles. The third kappa shape index (κ3) is 4.34. The molecule has 178 valence electrons. The summed E-state index contributed by atoms with van der Waals surface area (Å²) in [7, 11) is -5.65. The van der Waals surface area contributed by atoms with E-state index < -0.39 is 42.4 Å². The number of aromatic hydroxyl groups is 1. The highest BCUT2D eigenvalue weighted by Gasteiger charge is 2.47. The van der Waals surface area contributed by atoms with Crippen molar-refractivity contribution in [2.24, 2.45) is 0 Å². The Labute approximate surface area is 190 Å². The number of alkyl halides is 3. The summed E-state index contributed by atoms with van der Waals surface area (Å²) in [5.74, 6) is -0.278. The van der Waals surface area contributed by atoms with Crippen molar-refractivity contribution in [3.05, 3.63) is 45.7 Å². The number of hydrogen-bond donors (Lipinski definition) is 2. The number of phenols is 1. The molecule has 1 atom stereocenters. The first-order valence-corrected chi connectivity index (χ1v) is 12.6. The second kappa shape index (κ2) is 8.03. The Hall–Kier alpha value is -2.57. The largest absolute Gasteiger partial charge is 0.612 e. The number of hydrogen-bond acceptors (Lipinski definition) is 6. The Morgan fingerprint density at radius 3 is 2.27 bits per heavy atom.